The van der Waals surface area contributed by atoms with E-state index in [9.17, 15) is 14.7 Å². The largest absolute Gasteiger partial charge is 0.490 e. The first-order valence-corrected chi connectivity index (χ1v) is 15.5. The van der Waals surface area contributed by atoms with Crippen LogP contribution >= 0.6 is 0 Å². The third-order valence-corrected chi connectivity index (χ3v) is 8.69. The predicted molar refractivity (Wildman–Crippen MR) is 171 cm³/mol. The van der Waals surface area contributed by atoms with E-state index in [0.717, 1.165) is 17.5 Å². The predicted octanol–water partition coefficient (Wildman–Crippen LogP) is 5.01. The van der Waals surface area contributed by atoms with Gasteiger partial charge in [-0.2, -0.15) is 0 Å². The fourth-order valence-corrected chi connectivity index (χ4v) is 6.50. The highest BCUT2D eigenvalue weighted by molar-refractivity contribution is 6.04. The molecule has 242 valence electrons. The Morgan fingerprint density at radius 2 is 1.78 bits per heavy atom. The third-order valence-electron chi connectivity index (χ3n) is 8.69. The number of aryl methyl sites for hydroxylation is 2. The van der Waals surface area contributed by atoms with Crippen molar-refractivity contribution < 1.29 is 28.6 Å². The van der Waals surface area contributed by atoms with Crippen LogP contribution in [-0.4, -0.2) is 79.8 Å². The van der Waals surface area contributed by atoms with Crippen LogP contribution in [0.5, 0.6) is 5.75 Å². The van der Waals surface area contributed by atoms with Crippen molar-refractivity contribution in [2.45, 2.75) is 59.2 Å². The van der Waals surface area contributed by atoms with E-state index in [4.69, 9.17) is 14.5 Å². The van der Waals surface area contributed by atoms with Crippen molar-refractivity contribution in [2.75, 3.05) is 37.7 Å². The fraction of sp³-hybridized carbons (Fsp3) is 0.441. The minimum absolute atomic E-state index is 0.179. The second kappa shape index (κ2) is 12.0. The second-order valence-corrected chi connectivity index (χ2v) is 12.9. The molecule has 1 saturated heterocycles. The first-order valence-electron chi connectivity index (χ1n) is 15.5. The molecule has 0 saturated carbocycles. The Bertz CT molecular complexity index is 1830. The van der Waals surface area contributed by atoms with Crippen molar-refractivity contribution in [3.63, 3.8) is 0 Å². The first-order chi connectivity index (χ1) is 21.9. The molecular weight excluding hydrogens is 591 g/mol. The summed E-state index contributed by atoms with van der Waals surface area (Å²) < 4.78 is 29.3. The van der Waals surface area contributed by atoms with Gasteiger partial charge in [-0.25, -0.2) is 24.1 Å². The number of carboxylic acids is 1. The summed E-state index contributed by atoms with van der Waals surface area (Å²) in [5, 5.41) is 11.0. The molecule has 11 nitrogen and oxygen atoms in total. The number of fused-ring (bicyclic) bond motifs is 2. The van der Waals surface area contributed by atoms with Gasteiger partial charge in [0.2, 0.25) is 5.95 Å². The van der Waals surface area contributed by atoms with Crippen LogP contribution in [0.4, 0.5) is 10.3 Å². The molecule has 0 bridgehead atoms. The van der Waals surface area contributed by atoms with Crippen molar-refractivity contribution in [2.24, 2.45) is 7.05 Å². The number of anilines is 1. The molecular formula is C34H39FN6O5. The van der Waals surface area contributed by atoms with Crippen molar-refractivity contribution in [1.29, 1.82) is 0 Å². The topological polar surface area (TPSA) is 123 Å². The molecule has 0 unspecified atom stereocenters. The maximum atomic E-state index is 15.7. The molecule has 2 aliphatic heterocycles. The number of carbonyl (C=O) groups excluding carboxylic acids is 1. The second-order valence-electron chi connectivity index (χ2n) is 12.9. The molecule has 2 aliphatic rings. The number of rotatable bonds is 6. The quantitative estimate of drug-likeness (QED) is 0.313. The van der Waals surface area contributed by atoms with E-state index >= 15 is 4.39 Å². The number of carboxylic acid groups (broad SMARTS) is 1. The summed E-state index contributed by atoms with van der Waals surface area (Å²) in [6, 6.07) is 4.92. The highest BCUT2D eigenvalue weighted by Gasteiger charge is 2.35. The van der Waals surface area contributed by atoms with Gasteiger partial charge < -0.3 is 28.9 Å². The smallest absolute Gasteiger partial charge is 0.337 e. The lowest BCUT2D eigenvalue weighted by molar-refractivity contribution is -0.160. The molecule has 46 heavy (non-hydrogen) atoms. The van der Waals surface area contributed by atoms with Crippen LogP contribution in [0.15, 0.2) is 30.6 Å². The Morgan fingerprint density at radius 3 is 2.43 bits per heavy atom. The molecule has 4 aromatic rings. The van der Waals surface area contributed by atoms with Gasteiger partial charge in [0.1, 0.15) is 11.3 Å². The van der Waals surface area contributed by atoms with Gasteiger partial charge in [-0.15, -0.1) is 0 Å². The fourth-order valence-electron chi connectivity index (χ4n) is 6.50. The number of benzene rings is 1. The van der Waals surface area contributed by atoms with Crippen molar-refractivity contribution in [3.05, 3.63) is 64.5 Å². The number of ether oxygens (including phenoxy) is 2. The van der Waals surface area contributed by atoms with Crippen LogP contribution in [0.1, 0.15) is 66.2 Å². The van der Waals surface area contributed by atoms with Gasteiger partial charge in [-0.1, -0.05) is 0 Å². The lowest BCUT2D eigenvalue weighted by Crippen LogP contribution is -2.49. The highest BCUT2D eigenvalue weighted by Crippen LogP contribution is 2.45. The average molecular weight is 631 g/mol. The van der Waals surface area contributed by atoms with E-state index in [1.807, 2.05) is 11.8 Å². The number of halogens is 1. The summed E-state index contributed by atoms with van der Waals surface area (Å²) in [4.78, 5) is 44.2. The highest BCUT2D eigenvalue weighted by atomic mass is 19.1. The van der Waals surface area contributed by atoms with Crippen LogP contribution in [0.25, 0.3) is 22.2 Å². The molecule has 1 fully saturated rings. The van der Waals surface area contributed by atoms with E-state index in [1.54, 1.807) is 68.7 Å². The molecule has 1 aromatic carbocycles. The summed E-state index contributed by atoms with van der Waals surface area (Å²) in [7, 11) is 1.77. The average Bonchev–Trinajstić information content (AvgIpc) is 3.36. The minimum atomic E-state index is -1.39. The summed E-state index contributed by atoms with van der Waals surface area (Å²) in [5.74, 6) is -1.02. The van der Waals surface area contributed by atoms with Crippen molar-refractivity contribution >= 4 is 28.9 Å². The van der Waals surface area contributed by atoms with Gasteiger partial charge in [0.15, 0.2) is 17.7 Å². The first kappa shape index (κ1) is 31.4. The standard InChI is InChI=1S/C34H39FN6O5/c1-19-21-9-7-16-45-28(21)24(35)17-22(19)27-23-18-25(31(42)40-12-14-41(15-13-40)33-36-10-8-11-37-33)39(6)30(23)38-20(2)26(27)29(32(43)44)46-34(3,4)5/h8,10-11,17-18,29H,7,9,12-16H2,1-6H3,(H,43,44)/t29-/m0/s1. The van der Waals surface area contributed by atoms with Crippen LogP contribution in [0, 0.1) is 19.7 Å². The monoisotopic (exact) mass is 630 g/mol. The van der Waals surface area contributed by atoms with Gasteiger partial charge >= 0.3 is 5.97 Å². The zero-order valence-electron chi connectivity index (χ0n) is 27.1. The molecule has 1 N–H and O–H groups in total. The van der Waals surface area contributed by atoms with Crippen LogP contribution in [0.3, 0.4) is 0 Å². The normalized spacial score (nSPS) is 15.9. The minimum Gasteiger partial charge on any atom is -0.490 e. The summed E-state index contributed by atoms with van der Waals surface area (Å²) >= 11 is 0. The van der Waals surface area contributed by atoms with E-state index in [1.165, 1.54) is 6.07 Å². The molecule has 1 atom stereocenters. The number of piperazine rings is 1. The van der Waals surface area contributed by atoms with Gasteiger partial charge in [0.05, 0.1) is 12.2 Å². The van der Waals surface area contributed by atoms with Gasteiger partial charge in [0.25, 0.3) is 5.91 Å². The zero-order valence-corrected chi connectivity index (χ0v) is 27.1. The number of aliphatic carboxylic acids is 1. The van der Waals surface area contributed by atoms with E-state index in [2.05, 4.69) is 9.97 Å². The van der Waals surface area contributed by atoms with E-state index in [0.29, 0.717) is 84.3 Å². The summed E-state index contributed by atoms with van der Waals surface area (Å²) in [6.07, 6.45) is 3.37. The molecule has 1 amide bonds. The lowest BCUT2D eigenvalue weighted by atomic mass is 9.86. The number of hydrogen-bond donors (Lipinski definition) is 1. The number of hydrogen-bond acceptors (Lipinski definition) is 8. The maximum absolute atomic E-state index is 15.7. The van der Waals surface area contributed by atoms with E-state index in [-0.39, 0.29) is 11.7 Å². The molecule has 3 aromatic heterocycles. The number of amides is 1. The number of carbonyl (C=O) groups is 2. The number of aromatic nitrogens is 4. The number of nitrogens with zero attached hydrogens (tertiary/aromatic N) is 6. The number of pyridine rings is 1. The van der Waals surface area contributed by atoms with Crippen LogP contribution in [0.2, 0.25) is 0 Å². The van der Waals surface area contributed by atoms with Gasteiger partial charge in [-0.05, 0) is 76.8 Å². The zero-order chi connectivity index (χ0) is 32.9. The molecule has 6 rings (SSSR count). The summed E-state index contributed by atoms with van der Waals surface area (Å²) in [5.41, 5.74) is 3.39. The van der Waals surface area contributed by atoms with E-state index < -0.39 is 23.5 Å². The Morgan fingerprint density at radius 1 is 1.09 bits per heavy atom. The molecule has 5 heterocycles. The Labute approximate surface area is 267 Å². The van der Waals surface area contributed by atoms with Crippen molar-refractivity contribution in [3.8, 4) is 16.9 Å². The molecule has 0 radical (unpaired) electrons. The van der Waals surface area contributed by atoms with Gasteiger partial charge in [0, 0.05) is 73.4 Å². The Kier molecular flexibility index (Phi) is 8.18. The maximum Gasteiger partial charge on any atom is 0.337 e. The Balaban J connectivity index is 1.51. The Hall–Kier alpha value is -4.58. The molecule has 0 spiro atoms. The van der Waals surface area contributed by atoms with Gasteiger partial charge in [-0.3, -0.25) is 4.79 Å². The van der Waals surface area contributed by atoms with Crippen molar-refractivity contribution in [1.82, 2.24) is 24.4 Å². The van der Waals surface area contributed by atoms with Crippen LogP contribution < -0.4 is 9.64 Å². The lowest BCUT2D eigenvalue weighted by Gasteiger charge is -2.34. The van der Waals surface area contributed by atoms with Crippen LogP contribution in [-0.2, 0) is 23.0 Å². The third kappa shape index (κ3) is 5.66. The summed E-state index contributed by atoms with van der Waals surface area (Å²) in [6.45, 7) is 11.5. The SMILES string of the molecule is Cc1nc2c(cc(C(=O)N3CCN(c4ncccn4)CC3)n2C)c(-c2cc(F)c3c(c2C)CCCO3)c1[C@H](OC(C)(C)C)C(=O)O. The molecule has 12 heteroatoms. The molecule has 0 aliphatic carbocycles.